The van der Waals surface area contributed by atoms with Crippen LogP contribution in [0, 0.1) is 27.7 Å². The Morgan fingerprint density at radius 2 is 0.939 bits per heavy atom. The summed E-state index contributed by atoms with van der Waals surface area (Å²) in [6.45, 7) is 25.0. The summed E-state index contributed by atoms with van der Waals surface area (Å²) in [4.78, 5) is 113. The van der Waals surface area contributed by atoms with Crippen LogP contribution in [0.15, 0.2) is 89.7 Å². The van der Waals surface area contributed by atoms with E-state index >= 15 is 0 Å². The number of aromatic nitrogens is 10. The van der Waals surface area contributed by atoms with Crippen LogP contribution < -0.4 is 35.1 Å². The number of aromatic amines is 4. The normalized spacial score (nSPS) is 16.1. The third-order valence-electron chi connectivity index (χ3n) is 23.1. The van der Waals surface area contributed by atoms with Crippen molar-refractivity contribution in [3.05, 3.63) is 202 Å². The Balaban J connectivity index is 0.000000351. The van der Waals surface area contributed by atoms with Gasteiger partial charge >= 0.3 is 59.4 Å². The summed E-state index contributed by atoms with van der Waals surface area (Å²) in [6, 6.07) is 26.9. The maximum Gasteiger partial charge on any atom is 1.00 e. The second-order valence-corrected chi connectivity index (χ2v) is 30.2. The van der Waals surface area contributed by atoms with Gasteiger partial charge in [0.1, 0.15) is 6.61 Å². The number of aliphatic carboxylic acids is 4. The van der Waals surface area contributed by atoms with Crippen LogP contribution in [0.2, 0.25) is 0 Å². The second-order valence-electron chi connectivity index (χ2n) is 30.2. The molecule has 1 aromatic carbocycles. The Morgan fingerprint density at radius 3 is 1.46 bits per heavy atom. The van der Waals surface area contributed by atoms with Crippen molar-refractivity contribution >= 4 is 129 Å². The van der Waals surface area contributed by atoms with Gasteiger partial charge in [0.15, 0.2) is 5.60 Å². The minimum atomic E-state index is -1.79. The van der Waals surface area contributed by atoms with Crippen LogP contribution in [-0.2, 0) is 58.6 Å². The predicted molar refractivity (Wildman–Crippen MR) is 432 cm³/mol. The van der Waals surface area contributed by atoms with Crippen LogP contribution in [-0.4, -0.2) is 121 Å². The minimum absolute atomic E-state index is 0. The molecule has 0 saturated heterocycles. The topological polar surface area (TPSA) is 395 Å². The van der Waals surface area contributed by atoms with Gasteiger partial charge in [-0.25, -0.2) is 29.7 Å². The van der Waals surface area contributed by atoms with E-state index in [1.54, 1.807) is 31.4 Å². The molecule has 16 bridgehead atoms. The fourth-order valence-electron chi connectivity index (χ4n) is 17.0. The van der Waals surface area contributed by atoms with Crippen LogP contribution in [0.5, 0.6) is 0 Å². The number of nitrogens with zero attached hydrogens (tertiary/aromatic N) is 6. The number of nitrogens with one attached hydrogen (secondary N) is 4. The number of aryl methyl sites for hydroxylation is 5. The van der Waals surface area contributed by atoms with Crippen LogP contribution in [0.25, 0.3) is 111 Å². The van der Waals surface area contributed by atoms with Crippen molar-refractivity contribution in [3.63, 3.8) is 0 Å². The van der Waals surface area contributed by atoms with Gasteiger partial charge in [-0.2, -0.15) is 0 Å². The fourth-order valence-corrected chi connectivity index (χ4v) is 17.0. The molecule has 8 aromatic heterocycles. The molecule has 582 valence electrons. The number of carboxylic acid groups (broad SMARTS) is 4. The van der Waals surface area contributed by atoms with E-state index in [0.717, 1.165) is 106 Å². The Bertz CT molecular complexity index is 6200. The zero-order chi connectivity index (χ0) is 80.8. The number of carboxylic acids is 4. The first-order valence-electron chi connectivity index (χ1n) is 38.0. The van der Waals surface area contributed by atoms with Gasteiger partial charge in [-0.05, 0) is 249 Å². The monoisotopic (exact) mass is 1550 g/mol. The smallest absolute Gasteiger partial charge is 0.481 e. The Kier molecular flexibility index (Phi) is 22.6. The molecule has 25 nitrogen and oxygen atoms in total. The van der Waals surface area contributed by atoms with Crippen molar-refractivity contribution in [1.29, 1.82) is 0 Å². The molecule has 15 rings (SSSR count). The zero-order valence-electron chi connectivity index (χ0n) is 66.3. The fraction of sp³-hybridized carbons (Fsp3) is 0.330. The van der Waals surface area contributed by atoms with E-state index in [1.165, 1.54) is 0 Å². The van der Waals surface area contributed by atoms with Crippen molar-refractivity contribution in [3.8, 4) is 11.4 Å². The van der Waals surface area contributed by atoms with Gasteiger partial charge in [0.25, 0.3) is 5.56 Å². The Morgan fingerprint density at radius 1 is 0.509 bits per heavy atom. The van der Waals surface area contributed by atoms with E-state index in [4.69, 9.17) is 34.4 Å². The van der Waals surface area contributed by atoms with Gasteiger partial charge in [0.05, 0.1) is 99.0 Å². The SMILES string of the molecule is CC1=C(CCC(=O)O)c2cc3nc(cc4[nH]c(cc5[nH]c(cc1n2)c(C)c5C(C)OC(C)c1c(C)c2cc5nc(cc6nc(cc7[nH]c(cc1[nH]2)c(C)c7CCC(=O)O)C(CCC(=O)O)=C6C)C(C)=C5C(C)O)c(C)c4C(C)O)C(C)=C3CCC(=O)O.CC[C@@]1(O)C(=O)OCc2c1cc1n(c2=O)Cc2cc3ccccc3nc2-1.[Na+]. The summed E-state index contributed by atoms with van der Waals surface area (Å²) in [7, 11) is 0. The molecule has 4 unspecified atom stereocenters. The third-order valence-corrected chi connectivity index (χ3v) is 23.1. The van der Waals surface area contributed by atoms with Gasteiger partial charge in [0.2, 0.25) is 0 Å². The first-order valence-corrected chi connectivity index (χ1v) is 38.0. The molecule has 9 aromatic rings. The molecule has 11 N–H and O–H groups in total. The van der Waals surface area contributed by atoms with Crippen molar-refractivity contribution in [1.82, 2.24) is 49.4 Å². The molecule has 0 spiro atoms. The van der Waals surface area contributed by atoms with E-state index in [1.807, 2.05) is 148 Å². The molecule has 6 aliphatic rings. The average molecular weight is 1550 g/mol. The number of aliphatic hydroxyl groups excluding tert-OH is 2. The number of para-hydroxylation sites is 1. The second kappa shape index (κ2) is 31.7. The van der Waals surface area contributed by atoms with Gasteiger partial charge in [0, 0.05) is 109 Å². The van der Waals surface area contributed by atoms with Crippen molar-refractivity contribution in [2.45, 2.75) is 191 Å². The maximum atomic E-state index is 13.0. The van der Waals surface area contributed by atoms with E-state index < -0.39 is 59.9 Å². The molecule has 5 atom stereocenters. The molecule has 0 aliphatic carbocycles. The number of ether oxygens (including phenoxy) is 2. The number of carbonyl (C=O) groups excluding carboxylic acids is 1. The summed E-state index contributed by atoms with van der Waals surface area (Å²) in [5.41, 5.74) is 24.3. The molecular weight excluding hydrogens is 1460 g/mol. The first kappa shape index (κ1) is 81.0. The van der Waals surface area contributed by atoms with E-state index in [9.17, 15) is 64.5 Å². The number of esters is 1. The van der Waals surface area contributed by atoms with Crippen LogP contribution in [0.4, 0.5) is 0 Å². The quantitative estimate of drug-likeness (QED) is 0.0264. The largest absolute Gasteiger partial charge is 1.00 e. The van der Waals surface area contributed by atoms with Gasteiger partial charge in [-0.3, -0.25) is 24.0 Å². The maximum absolute atomic E-state index is 13.0. The number of fused-ring (bicyclic) bond motifs is 21. The van der Waals surface area contributed by atoms with Crippen LogP contribution in [0.1, 0.15) is 239 Å². The molecule has 26 heteroatoms. The van der Waals surface area contributed by atoms with E-state index in [-0.39, 0.29) is 99.5 Å². The summed E-state index contributed by atoms with van der Waals surface area (Å²) in [5, 5.41) is 74.1. The van der Waals surface area contributed by atoms with Gasteiger partial charge in [-0.1, -0.05) is 25.1 Å². The number of aliphatic hydroxyl groups is 3. The predicted octanol–water partition coefficient (Wildman–Crippen LogP) is 12.9. The van der Waals surface area contributed by atoms with Crippen molar-refractivity contribution in [2.75, 3.05) is 0 Å². The molecule has 0 fully saturated rings. The van der Waals surface area contributed by atoms with E-state index in [2.05, 4.69) is 19.9 Å². The van der Waals surface area contributed by atoms with Gasteiger partial charge in [-0.15, -0.1) is 0 Å². The molecule has 0 amide bonds. The molecule has 6 aliphatic heterocycles. The standard InChI is InChI=1S/C68H74N8O11.C20H16N2O4.Na/c1-29-41(13-17-61(79)80)53-28-56-44(16-20-64(85)86)32(4)48(72-56)24-59-68(36(8)52(76-59)25-58-65(37(9)77)33(5)49(73-58)21-45(29)69-53)40(12)87-39(11)67-35(7)50-22-46-30(2)42(14-18-62(81)82)54(70-46)27-55-43(15-19-63(83)84)31(3)47(71-55)23-57-66(38(10)78)34(6)51(74-57)26-60(67)75-50;1-2-20(25)14-8-16-17-12(7-11-5-3-4-6-15(11)21-17)9-22(16)18(23)13(14)10-26-19(20)24;/h21-28,37-40,72,74-78H,13-20H2,1-12H3,(H,79,80)(H,81,82)(H,83,84)(H,85,86);3-8,25H,2,9-10H2,1H3;/q;;+1/t;20-;/m.0./s1. The average Bonchev–Trinajstić information content (AvgIpc) is 1.37. The molecule has 114 heavy (non-hydrogen) atoms. The number of H-pyrrole nitrogens is 4. The van der Waals surface area contributed by atoms with Crippen LogP contribution >= 0.6 is 0 Å². The van der Waals surface area contributed by atoms with Crippen molar-refractivity contribution in [2.24, 2.45) is 0 Å². The number of pyridine rings is 2. The molecule has 0 radical (unpaired) electrons. The number of benzene rings is 1. The molecule has 14 heterocycles. The summed E-state index contributed by atoms with van der Waals surface area (Å²) in [6.07, 6.45) is -2.59. The van der Waals surface area contributed by atoms with Crippen molar-refractivity contribution < 1.29 is 98.7 Å². The molecular formula is C88H90N10NaO15+. The first-order chi connectivity index (χ1) is 53.7. The third kappa shape index (κ3) is 14.9. The van der Waals surface area contributed by atoms with Crippen LogP contribution in [0.3, 0.4) is 0 Å². The number of cyclic esters (lactones) is 1. The van der Waals surface area contributed by atoms with E-state index in [0.29, 0.717) is 119 Å². The summed E-state index contributed by atoms with van der Waals surface area (Å²) in [5.74, 6) is -4.53. The zero-order valence-corrected chi connectivity index (χ0v) is 68.3. The number of allylic oxidation sites excluding steroid dienone is 7. The van der Waals surface area contributed by atoms with Gasteiger partial charge < -0.3 is 69.7 Å². The number of rotatable bonds is 19. The Labute approximate surface area is 677 Å². The number of carbonyl (C=O) groups is 5. The summed E-state index contributed by atoms with van der Waals surface area (Å²) >= 11 is 0. The number of hydrogen-bond acceptors (Lipinski definition) is 16. The number of hydrogen-bond donors (Lipinski definition) is 11. The molecule has 0 saturated carbocycles. The minimum Gasteiger partial charge on any atom is -0.481 e. The Hall–Kier alpha value is -11.0. The summed E-state index contributed by atoms with van der Waals surface area (Å²) < 4.78 is 14.0.